The molecule has 0 atom stereocenters. The van der Waals surface area contributed by atoms with Gasteiger partial charge in [-0.15, -0.1) is 0 Å². The SMILES string of the molecule is Cc1cc(C(=O)CC2CCCCC2)c(C)cc1OC(N)=O. The number of ketones is 1. The van der Waals surface area contributed by atoms with Crippen LogP contribution in [0.15, 0.2) is 12.1 Å². The third-order valence-corrected chi connectivity index (χ3v) is 4.23. The largest absolute Gasteiger partial charge is 0.410 e. The molecule has 21 heavy (non-hydrogen) atoms. The Morgan fingerprint density at radius 3 is 2.43 bits per heavy atom. The van der Waals surface area contributed by atoms with Gasteiger partial charge in [-0.25, -0.2) is 4.79 Å². The van der Waals surface area contributed by atoms with Crippen molar-refractivity contribution < 1.29 is 14.3 Å². The number of rotatable bonds is 4. The number of benzene rings is 1. The first-order valence-electron chi connectivity index (χ1n) is 7.59. The summed E-state index contributed by atoms with van der Waals surface area (Å²) in [7, 11) is 0. The Morgan fingerprint density at radius 2 is 1.81 bits per heavy atom. The third-order valence-electron chi connectivity index (χ3n) is 4.23. The van der Waals surface area contributed by atoms with Gasteiger partial charge in [-0.05, 0) is 43.0 Å². The average molecular weight is 289 g/mol. The fraction of sp³-hybridized carbons (Fsp3) is 0.529. The molecule has 0 radical (unpaired) electrons. The number of carbonyl (C=O) groups excluding carboxylic acids is 2. The molecule has 1 aromatic carbocycles. The lowest BCUT2D eigenvalue weighted by atomic mass is 9.84. The minimum absolute atomic E-state index is 0.188. The maximum atomic E-state index is 12.5. The molecule has 0 saturated heterocycles. The topological polar surface area (TPSA) is 69.4 Å². The summed E-state index contributed by atoms with van der Waals surface area (Å²) in [5.74, 6) is 1.13. The molecule has 0 bridgehead atoms. The first-order valence-corrected chi connectivity index (χ1v) is 7.59. The second-order valence-electron chi connectivity index (χ2n) is 5.99. The normalized spacial score (nSPS) is 15.7. The smallest absolute Gasteiger partial charge is 0.409 e. The van der Waals surface area contributed by atoms with Gasteiger partial charge in [0.2, 0.25) is 0 Å². The van der Waals surface area contributed by atoms with Crippen molar-refractivity contribution in [3.05, 3.63) is 28.8 Å². The average Bonchev–Trinajstić information content (AvgIpc) is 2.43. The van der Waals surface area contributed by atoms with Gasteiger partial charge in [-0.3, -0.25) is 4.79 Å². The predicted octanol–water partition coefficient (Wildman–Crippen LogP) is 3.91. The number of carbonyl (C=O) groups is 2. The third kappa shape index (κ3) is 4.06. The second-order valence-corrected chi connectivity index (χ2v) is 5.99. The lowest BCUT2D eigenvalue weighted by molar-refractivity contribution is 0.0949. The molecule has 1 aliphatic carbocycles. The molecule has 0 unspecified atom stereocenters. The number of ether oxygens (including phenoxy) is 1. The van der Waals surface area contributed by atoms with Crippen LogP contribution in [0.2, 0.25) is 0 Å². The van der Waals surface area contributed by atoms with Crippen LogP contribution in [-0.2, 0) is 0 Å². The van der Waals surface area contributed by atoms with Gasteiger partial charge in [-0.1, -0.05) is 32.1 Å². The van der Waals surface area contributed by atoms with E-state index in [0.717, 1.165) is 29.5 Å². The maximum absolute atomic E-state index is 12.5. The highest BCUT2D eigenvalue weighted by molar-refractivity contribution is 5.98. The molecule has 0 heterocycles. The highest BCUT2D eigenvalue weighted by Crippen LogP contribution is 2.29. The minimum atomic E-state index is -0.834. The van der Waals surface area contributed by atoms with Crippen molar-refractivity contribution >= 4 is 11.9 Å². The number of primary amides is 1. The van der Waals surface area contributed by atoms with E-state index < -0.39 is 6.09 Å². The molecule has 1 aromatic rings. The van der Waals surface area contributed by atoms with E-state index in [0.29, 0.717) is 18.1 Å². The van der Waals surface area contributed by atoms with Gasteiger partial charge < -0.3 is 10.5 Å². The molecule has 4 heteroatoms. The highest BCUT2D eigenvalue weighted by atomic mass is 16.5. The summed E-state index contributed by atoms with van der Waals surface area (Å²) in [6.07, 6.45) is 5.87. The Labute approximate surface area is 125 Å². The number of hydrogen-bond acceptors (Lipinski definition) is 3. The molecule has 114 valence electrons. The molecule has 1 amide bonds. The number of amides is 1. The summed E-state index contributed by atoms with van der Waals surface area (Å²) in [4.78, 5) is 23.3. The summed E-state index contributed by atoms with van der Waals surface area (Å²) in [6.45, 7) is 3.68. The highest BCUT2D eigenvalue weighted by Gasteiger charge is 2.20. The fourth-order valence-electron chi connectivity index (χ4n) is 3.07. The van der Waals surface area contributed by atoms with Gasteiger partial charge in [0.1, 0.15) is 5.75 Å². The second kappa shape index (κ2) is 6.74. The van der Waals surface area contributed by atoms with E-state index >= 15 is 0 Å². The molecule has 1 aliphatic rings. The van der Waals surface area contributed by atoms with Crippen LogP contribution in [0.25, 0.3) is 0 Å². The van der Waals surface area contributed by atoms with Gasteiger partial charge in [0.25, 0.3) is 0 Å². The van der Waals surface area contributed by atoms with Crippen LogP contribution < -0.4 is 10.5 Å². The van der Waals surface area contributed by atoms with Gasteiger partial charge in [0.05, 0.1) is 0 Å². The summed E-state index contributed by atoms with van der Waals surface area (Å²) in [5, 5.41) is 0. The van der Waals surface area contributed by atoms with E-state index in [9.17, 15) is 9.59 Å². The Balaban J connectivity index is 2.13. The Bertz CT molecular complexity index is 545. The van der Waals surface area contributed by atoms with Gasteiger partial charge in [0.15, 0.2) is 5.78 Å². The summed E-state index contributed by atoms with van der Waals surface area (Å²) < 4.78 is 4.94. The first-order chi connectivity index (χ1) is 9.97. The summed E-state index contributed by atoms with van der Waals surface area (Å²) >= 11 is 0. The molecule has 0 spiro atoms. The van der Waals surface area contributed by atoms with Crippen LogP contribution >= 0.6 is 0 Å². The summed E-state index contributed by atoms with van der Waals surface area (Å²) in [6, 6.07) is 3.52. The molecular weight excluding hydrogens is 266 g/mol. The first kappa shape index (κ1) is 15.5. The van der Waals surface area contributed by atoms with Crippen molar-refractivity contribution in [1.29, 1.82) is 0 Å². The lowest BCUT2D eigenvalue weighted by Gasteiger charge is -2.21. The van der Waals surface area contributed by atoms with Crippen LogP contribution in [-0.4, -0.2) is 11.9 Å². The van der Waals surface area contributed by atoms with Gasteiger partial charge in [-0.2, -0.15) is 0 Å². The van der Waals surface area contributed by atoms with E-state index in [2.05, 4.69) is 0 Å². The van der Waals surface area contributed by atoms with Crippen molar-refractivity contribution in [2.24, 2.45) is 11.7 Å². The zero-order valence-corrected chi connectivity index (χ0v) is 12.8. The molecule has 1 fully saturated rings. The van der Waals surface area contributed by atoms with Crippen molar-refractivity contribution in [1.82, 2.24) is 0 Å². The van der Waals surface area contributed by atoms with Crippen molar-refractivity contribution in [2.75, 3.05) is 0 Å². The van der Waals surface area contributed by atoms with E-state index in [4.69, 9.17) is 10.5 Å². The van der Waals surface area contributed by atoms with E-state index in [1.54, 1.807) is 12.1 Å². The number of Topliss-reactive ketones (excluding diaryl/α,β-unsaturated/α-hetero) is 1. The Hall–Kier alpha value is -1.84. The van der Waals surface area contributed by atoms with Crippen LogP contribution in [0.3, 0.4) is 0 Å². The van der Waals surface area contributed by atoms with Crippen molar-refractivity contribution in [2.45, 2.75) is 52.4 Å². The van der Waals surface area contributed by atoms with Gasteiger partial charge in [0, 0.05) is 12.0 Å². The van der Waals surface area contributed by atoms with Crippen molar-refractivity contribution in [3.8, 4) is 5.75 Å². The van der Waals surface area contributed by atoms with E-state index in [1.807, 2.05) is 13.8 Å². The zero-order chi connectivity index (χ0) is 15.4. The quantitative estimate of drug-likeness (QED) is 0.854. The number of hydrogen-bond donors (Lipinski definition) is 1. The molecule has 4 nitrogen and oxygen atoms in total. The van der Waals surface area contributed by atoms with Crippen LogP contribution in [0.4, 0.5) is 4.79 Å². The number of nitrogens with two attached hydrogens (primary N) is 1. The minimum Gasteiger partial charge on any atom is -0.410 e. The molecule has 2 rings (SSSR count). The molecule has 0 aliphatic heterocycles. The zero-order valence-electron chi connectivity index (χ0n) is 12.8. The van der Waals surface area contributed by atoms with Crippen LogP contribution in [0.1, 0.15) is 60.0 Å². The predicted molar refractivity (Wildman–Crippen MR) is 81.6 cm³/mol. The van der Waals surface area contributed by atoms with Crippen LogP contribution in [0, 0.1) is 19.8 Å². The number of aryl methyl sites for hydroxylation is 2. The maximum Gasteiger partial charge on any atom is 0.409 e. The van der Waals surface area contributed by atoms with E-state index in [1.165, 1.54) is 19.3 Å². The fourth-order valence-corrected chi connectivity index (χ4v) is 3.07. The standard InChI is InChI=1S/C17H23NO3/c1-11-9-16(21-17(18)20)12(2)8-14(11)15(19)10-13-6-4-3-5-7-13/h8-9,13H,3-7,10H2,1-2H3,(H2,18,20). The van der Waals surface area contributed by atoms with E-state index in [-0.39, 0.29) is 5.78 Å². The Kier molecular flexibility index (Phi) is 4.99. The monoisotopic (exact) mass is 289 g/mol. The van der Waals surface area contributed by atoms with Gasteiger partial charge >= 0.3 is 6.09 Å². The van der Waals surface area contributed by atoms with Crippen LogP contribution in [0.5, 0.6) is 5.75 Å². The molecule has 1 saturated carbocycles. The Morgan fingerprint density at radius 1 is 1.14 bits per heavy atom. The lowest BCUT2D eigenvalue weighted by Crippen LogP contribution is -2.17. The van der Waals surface area contributed by atoms with Crippen molar-refractivity contribution in [3.63, 3.8) is 0 Å². The molecule has 2 N–H and O–H groups in total. The molecular formula is C17H23NO3. The molecule has 0 aromatic heterocycles. The summed E-state index contributed by atoms with van der Waals surface area (Å²) in [5.41, 5.74) is 7.36.